The predicted octanol–water partition coefficient (Wildman–Crippen LogP) is 3.10. The second-order valence-corrected chi connectivity index (χ2v) is 5.14. The van der Waals surface area contributed by atoms with E-state index in [4.69, 9.17) is 18.9 Å². The normalized spacial score (nSPS) is 13.1. The number of ketones is 1. The summed E-state index contributed by atoms with van der Waals surface area (Å²) in [6.07, 6.45) is 0.824. The van der Waals surface area contributed by atoms with E-state index in [0.717, 1.165) is 6.42 Å². The zero-order valence-electron chi connectivity index (χ0n) is 13.1. The summed E-state index contributed by atoms with van der Waals surface area (Å²) in [6, 6.07) is 10.3. The summed E-state index contributed by atoms with van der Waals surface area (Å²) >= 11 is 0. The number of ether oxygens (including phenoxy) is 4. The van der Waals surface area contributed by atoms with Crippen molar-refractivity contribution in [2.24, 2.45) is 0 Å². The Labute approximate surface area is 134 Å². The van der Waals surface area contributed by atoms with Crippen LogP contribution >= 0.6 is 0 Å². The van der Waals surface area contributed by atoms with Crippen LogP contribution in [0.5, 0.6) is 23.0 Å². The van der Waals surface area contributed by atoms with Crippen molar-refractivity contribution in [2.45, 2.75) is 6.42 Å². The topological polar surface area (TPSA) is 54.0 Å². The number of benzene rings is 2. The van der Waals surface area contributed by atoms with Crippen LogP contribution in [0.3, 0.4) is 0 Å². The first-order valence-electron chi connectivity index (χ1n) is 7.38. The molecule has 0 saturated heterocycles. The third-order valence-electron chi connectivity index (χ3n) is 3.62. The average molecular weight is 314 g/mol. The summed E-state index contributed by atoms with van der Waals surface area (Å²) < 4.78 is 21.7. The zero-order valence-corrected chi connectivity index (χ0v) is 13.1. The van der Waals surface area contributed by atoms with Crippen molar-refractivity contribution in [3.63, 3.8) is 0 Å². The molecule has 0 N–H and O–H groups in total. The van der Waals surface area contributed by atoms with Crippen LogP contribution in [0.25, 0.3) is 0 Å². The van der Waals surface area contributed by atoms with Gasteiger partial charge in [0.25, 0.3) is 0 Å². The lowest BCUT2D eigenvalue weighted by molar-refractivity contribution is 0.103. The Balaban J connectivity index is 1.95. The first kappa shape index (κ1) is 15.2. The van der Waals surface area contributed by atoms with E-state index in [1.54, 1.807) is 50.6 Å². The van der Waals surface area contributed by atoms with Gasteiger partial charge in [-0.05, 0) is 30.3 Å². The summed E-state index contributed by atoms with van der Waals surface area (Å²) in [7, 11) is 3.10. The van der Waals surface area contributed by atoms with Crippen LogP contribution in [0.1, 0.15) is 22.3 Å². The molecule has 0 amide bonds. The first-order chi connectivity index (χ1) is 11.2. The van der Waals surface area contributed by atoms with E-state index < -0.39 is 0 Å². The minimum Gasteiger partial charge on any atom is -0.497 e. The molecule has 23 heavy (non-hydrogen) atoms. The van der Waals surface area contributed by atoms with Crippen LogP contribution in [-0.2, 0) is 0 Å². The van der Waals surface area contributed by atoms with Crippen molar-refractivity contribution in [3.8, 4) is 23.0 Å². The minimum absolute atomic E-state index is 0.127. The number of rotatable bonds is 4. The molecule has 0 unspecified atom stereocenters. The number of carbonyl (C=O) groups excluding carboxylic acids is 1. The van der Waals surface area contributed by atoms with E-state index in [1.807, 2.05) is 0 Å². The molecule has 1 aliphatic rings. The van der Waals surface area contributed by atoms with Crippen LogP contribution in [0, 0.1) is 0 Å². The van der Waals surface area contributed by atoms with E-state index in [2.05, 4.69) is 0 Å². The number of hydrogen-bond acceptors (Lipinski definition) is 5. The lowest BCUT2D eigenvalue weighted by Gasteiger charge is -2.10. The Hall–Kier alpha value is -2.69. The molecule has 0 fully saturated rings. The molecule has 0 atom stereocenters. The van der Waals surface area contributed by atoms with Gasteiger partial charge in [0.1, 0.15) is 11.5 Å². The summed E-state index contributed by atoms with van der Waals surface area (Å²) in [5.41, 5.74) is 1.03. The van der Waals surface area contributed by atoms with E-state index in [-0.39, 0.29) is 5.78 Å². The van der Waals surface area contributed by atoms with Gasteiger partial charge in [0.05, 0.1) is 27.4 Å². The van der Waals surface area contributed by atoms with Gasteiger partial charge in [-0.25, -0.2) is 0 Å². The van der Waals surface area contributed by atoms with Gasteiger partial charge in [-0.3, -0.25) is 4.79 Å². The van der Waals surface area contributed by atoms with Gasteiger partial charge in [-0.2, -0.15) is 0 Å². The highest BCUT2D eigenvalue weighted by Gasteiger charge is 2.16. The van der Waals surface area contributed by atoms with Gasteiger partial charge in [0.15, 0.2) is 17.3 Å². The van der Waals surface area contributed by atoms with Gasteiger partial charge in [0, 0.05) is 23.6 Å². The Morgan fingerprint density at radius 2 is 1.52 bits per heavy atom. The highest BCUT2D eigenvalue weighted by atomic mass is 16.5. The molecule has 5 nitrogen and oxygen atoms in total. The lowest BCUT2D eigenvalue weighted by atomic mass is 10.0. The summed E-state index contributed by atoms with van der Waals surface area (Å²) in [5, 5.41) is 0. The maximum Gasteiger partial charge on any atom is 0.193 e. The number of methoxy groups -OCH3 is 2. The second kappa shape index (κ2) is 6.60. The van der Waals surface area contributed by atoms with Crippen molar-refractivity contribution in [1.82, 2.24) is 0 Å². The van der Waals surface area contributed by atoms with Crippen LogP contribution in [-0.4, -0.2) is 33.2 Å². The largest absolute Gasteiger partial charge is 0.497 e. The molecule has 0 radical (unpaired) electrons. The fraction of sp³-hybridized carbons (Fsp3) is 0.278. The SMILES string of the molecule is COc1cc(OC)cc(C(=O)c2ccc3c(c2)OCCCO3)c1. The maximum absolute atomic E-state index is 12.7. The van der Waals surface area contributed by atoms with E-state index in [1.165, 1.54) is 0 Å². The molecule has 2 aromatic carbocycles. The molecule has 0 bridgehead atoms. The molecule has 120 valence electrons. The van der Waals surface area contributed by atoms with Crippen molar-refractivity contribution in [1.29, 1.82) is 0 Å². The molecule has 0 spiro atoms. The van der Waals surface area contributed by atoms with E-state index in [0.29, 0.717) is 47.3 Å². The van der Waals surface area contributed by atoms with Gasteiger partial charge < -0.3 is 18.9 Å². The number of carbonyl (C=O) groups is 1. The van der Waals surface area contributed by atoms with Crippen molar-refractivity contribution in [2.75, 3.05) is 27.4 Å². The molecule has 3 rings (SSSR count). The quantitative estimate of drug-likeness (QED) is 0.812. The zero-order chi connectivity index (χ0) is 16.2. The molecular weight excluding hydrogens is 296 g/mol. The smallest absolute Gasteiger partial charge is 0.193 e. The third kappa shape index (κ3) is 3.23. The third-order valence-corrected chi connectivity index (χ3v) is 3.62. The average Bonchev–Trinajstić information content (AvgIpc) is 2.85. The lowest BCUT2D eigenvalue weighted by Crippen LogP contribution is -2.03. The number of hydrogen-bond donors (Lipinski definition) is 0. The first-order valence-corrected chi connectivity index (χ1v) is 7.38. The van der Waals surface area contributed by atoms with Crippen LogP contribution in [0.4, 0.5) is 0 Å². The Morgan fingerprint density at radius 1 is 0.870 bits per heavy atom. The van der Waals surface area contributed by atoms with Crippen LogP contribution < -0.4 is 18.9 Å². The molecule has 1 heterocycles. The Kier molecular flexibility index (Phi) is 4.37. The fourth-order valence-corrected chi connectivity index (χ4v) is 2.41. The van der Waals surface area contributed by atoms with Gasteiger partial charge in [0.2, 0.25) is 0 Å². The van der Waals surface area contributed by atoms with E-state index in [9.17, 15) is 4.79 Å². The van der Waals surface area contributed by atoms with Gasteiger partial charge in [-0.15, -0.1) is 0 Å². The second-order valence-electron chi connectivity index (χ2n) is 5.14. The highest BCUT2D eigenvalue weighted by Crippen LogP contribution is 2.32. The number of fused-ring (bicyclic) bond motifs is 1. The Morgan fingerprint density at radius 3 is 2.17 bits per heavy atom. The maximum atomic E-state index is 12.7. The minimum atomic E-state index is -0.127. The van der Waals surface area contributed by atoms with Crippen molar-refractivity contribution >= 4 is 5.78 Å². The molecule has 0 aliphatic carbocycles. The van der Waals surface area contributed by atoms with Crippen molar-refractivity contribution in [3.05, 3.63) is 47.5 Å². The van der Waals surface area contributed by atoms with E-state index >= 15 is 0 Å². The standard InChI is InChI=1S/C18H18O5/c1-20-14-8-13(9-15(11-14)21-2)18(19)12-4-5-16-17(10-12)23-7-3-6-22-16/h4-5,8-11H,3,6-7H2,1-2H3. The van der Waals surface area contributed by atoms with Gasteiger partial charge >= 0.3 is 0 Å². The van der Waals surface area contributed by atoms with Crippen LogP contribution in [0.2, 0.25) is 0 Å². The molecule has 2 aromatic rings. The molecule has 5 heteroatoms. The van der Waals surface area contributed by atoms with Gasteiger partial charge in [-0.1, -0.05) is 0 Å². The summed E-state index contributed by atoms with van der Waals surface area (Å²) in [6.45, 7) is 1.20. The predicted molar refractivity (Wildman–Crippen MR) is 85.0 cm³/mol. The fourth-order valence-electron chi connectivity index (χ4n) is 2.41. The summed E-state index contributed by atoms with van der Waals surface area (Å²) in [4.78, 5) is 12.7. The molecule has 0 saturated carbocycles. The molecule has 1 aliphatic heterocycles. The molecular formula is C18H18O5. The monoisotopic (exact) mass is 314 g/mol. The summed E-state index contributed by atoms with van der Waals surface area (Å²) in [5.74, 6) is 2.28. The van der Waals surface area contributed by atoms with Crippen LogP contribution in [0.15, 0.2) is 36.4 Å². The molecule has 0 aromatic heterocycles. The highest BCUT2D eigenvalue weighted by molar-refractivity contribution is 6.09. The Bertz CT molecular complexity index is 701. The van der Waals surface area contributed by atoms with Crippen molar-refractivity contribution < 1.29 is 23.7 Å².